The molecule has 3 heterocycles. The van der Waals surface area contributed by atoms with E-state index in [0.29, 0.717) is 17.7 Å². The second-order valence-electron chi connectivity index (χ2n) is 8.02. The lowest BCUT2D eigenvalue weighted by Crippen LogP contribution is -2.54. The van der Waals surface area contributed by atoms with E-state index in [1.165, 1.54) is 4.90 Å². The molecule has 0 unspecified atom stereocenters. The van der Waals surface area contributed by atoms with E-state index in [-0.39, 0.29) is 36.6 Å². The first kappa shape index (κ1) is 20.0. The summed E-state index contributed by atoms with van der Waals surface area (Å²) in [7, 11) is 0. The van der Waals surface area contributed by atoms with Crippen molar-refractivity contribution < 1.29 is 19.2 Å². The summed E-state index contributed by atoms with van der Waals surface area (Å²) in [6.45, 7) is 3.74. The zero-order chi connectivity index (χ0) is 21.1. The predicted molar refractivity (Wildman–Crippen MR) is 108 cm³/mol. The highest BCUT2D eigenvalue weighted by Crippen LogP contribution is 2.54. The molecule has 2 fully saturated rings. The summed E-state index contributed by atoms with van der Waals surface area (Å²) in [5.74, 6) is -3.05. The van der Waals surface area contributed by atoms with Gasteiger partial charge in [-0.2, -0.15) is 0 Å². The number of nitrogens with one attached hydrogen (secondary N) is 2. The fraction of sp³-hybridized carbons (Fsp3) is 0.500. The zero-order valence-corrected chi connectivity index (χ0v) is 17.8. The minimum Gasteiger partial charge on any atom is -0.370 e. The number of nitrogens with zero attached hydrogens (tertiary/aromatic N) is 1. The second kappa shape index (κ2) is 6.91. The summed E-state index contributed by atoms with van der Waals surface area (Å²) in [4.78, 5) is 52.7. The molecule has 1 spiro atoms. The van der Waals surface area contributed by atoms with Crippen LogP contribution in [-0.4, -0.2) is 40.6 Å². The molecule has 0 aromatic heterocycles. The van der Waals surface area contributed by atoms with Crippen LogP contribution in [0, 0.1) is 11.8 Å². The third-order valence-corrected chi connectivity index (χ3v) is 6.94. The van der Waals surface area contributed by atoms with Crippen LogP contribution >= 0.6 is 15.9 Å². The quantitative estimate of drug-likeness (QED) is 0.568. The van der Waals surface area contributed by atoms with Crippen LogP contribution in [0.2, 0.25) is 0 Å². The fourth-order valence-corrected chi connectivity index (χ4v) is 5.32. The van der Waals surface area contributed by atoms with Crippen molar-refractivity contribution in [2.45, 2.75) is 50.7 Å². The fourth-order valence-electron chi connectivity index (χ4n) is 4.96. The number of carbonyl (C=O) groups excluding carboxylic acids is 4. The first-order valence-corrected chi connectivity index (χ1v) is 10.6. The molecule has 0 radical (unpaired) electrons. The number of hydrogen-bond donors (Lipinski definition) is 3. The van der Waals surface area contributed by atoms with E-state index in [1.54, 1.807) is 12.1 Å². The van der Waals surface area contributed by atoms with Gasteiger partial charge in [-0.25, -0.2) is 0 Å². The Bertz CT molecular complexity index is 935. The minimum absolute atomic E-state index is 0.0642. The molecule has 0 saturated carbocycles. The number of likely N-dealkylation sites (tertiary alicyclic amines) is 1. The van der Waals surface area contributed by atoms with Crippen LogP contribution in [-0.2, 0) is 24.7 Å². The number of nitrogens with two attached hydrogens (primary N) is 1. The number of hydrogen-bond acceptors (Lipinski definition) is 5. The van der Waals surface area contributed by atoms with Crippen LogP contribution in [0.1, 0.15) is 38.7 Å². The Labute approximate surface area is 176 Å². The van der Waals surface area contributed by atoms with Crippen LogP contribution in [0.25, 0.3) is 0 Å². The van der Waals surface area contributed by atoms with Crippen LogP contribution < -0.4 is 16.4 Å². The lowest BCUT2D eigenvalue weighted by molar-refractivity contribution is -0.145. The topological polar surface area (TPSA) is 122 Å². The number of imide groups is 1. The van der Waals surface area contributed by atoms with Crippen LogP contribution in [0.3, 0.4) is 0 Å². The number of carbonyl (C=O) groups is 4. The van der Waals surface area contributed by atoms with Crippen LogP contribution in [0.4, 0.5) is 5.69 Å². The van der Waals surface area contributed by atoms with Crippen molar-refractivity contribution in [3.05, 3.63) is 28.2 Å². The molecule has 0 bridgehead atoms. The normalized spacial score (nSPS) is 31.2. The van der Waals surface area contributed by atoms with E-state index in [1.807, 2.05) is 19.9 Å². The molecule has 4 amide bonds. The maximum atomic E-state index is 13.5. The molecule has 29 heavy (non-hydrogen) atoms. The number of rotatable bonds is 5. The molecule has 3 aliphatic rings. The molecule has 4 N–H and O–H groups in total. The van der Waals surface area contributed by atoms with Gasteiger partial charge in [0.2, 0.25) is 23.6 Å². The Balaban J connectivity index is 1.85. The number of anilines is 1. The van der Waals surface area contributed by atoms with Gasteiger partial charge in [0.15, 0.2) is 0 Å². The third kappa shape index (κ3) is 2.74. The van der Waals surface area contributed by atoms with Crippen molar-refractivity contribution in [3.8, 4) is 0 Å². The molecule has 8 nitrogen and oxygen atoms in total. The van der Waals surface area contributed by atoms with Crippen LogP contribution in [0.5, 0.6) is 0 Å². The van der Waals surface area contributed by atoms with Crippen molar-refractivity contribution >= 4 is 45.2 Å². The number of benzene rings is 1. The van der Waals surface area contributed by atoms with E-state index in [0.717, 1.165) is 4.47 Å². The highest BCUT2D eigenvalue weighted by Gasteiger charge is 2.70. The standard InChI is InChI=1S/C20H23BrN4O4/c1-3-9(2)25-17(27)15-13(6-7-14(22)26)24-20(16(15)18(25)28)11-8-10(21)4-5-12(11)23-19(20)29/h4-5,8-9,13,15-16,24H,3,6-7H2,1-2H3,(H2,22,26)(H,23,29)/t9-,13+,15+,16-,20+/m0/s1. The summed E-state index contributed by atoms with van der Waals surface area (Å²) in [6.07, 6.45) is 0.967. The molecular formula is C20H23BrN4O4. The molecular weight excluding hydrogens is 440 g/mol. The van der Waals surface area contributed by atoms with Gasteiger partial charge in [-0.15, -0.1) is 0 Å². The molecule has 154 valence electrons. The Morgan fingerprint density at radius 3 is 2.69 bits per heavy atom. The Hall–Kier alpha value is -2.26. The molecule has 3 aliphatic heterocycles. The van der Waals surface area contributed by atoms with E-state index in [2.05, 4.69) is 26.6 Å². The largest absolute Gasteiger partial charge is 0.370 e. The number of halogens is 1. The van der Waals surface area contributed by atoms with Crippen molar-refractivity contribution in [1.82, 2.24) is 10.2 Å². The Morgan fingerprint density at radius 1 is 1.31 bits per heavy atom. The van der Waals surface area contributed by atoms with Gasteiger partial charge in [-0.1, -0.05) is 22.9 Å². The van der Waals surface area contributed by atoms with E-state index in [4.69, 9.17) is 5.73 Å². The van der Waals surface area contributed by atoms with Crippen molar-refractivity contribution in [2.75, 3.05) is 5.32 Å². The smallest absolute Gasteiger partial charge is 0.250 e. The van der Waals surface area contributed by atoms with Gasteiger partial charge in [0.1, 0.15) is 5.54 Å². The zero-order valence-electron chi connectivity index (χ0n) is 16.2. The van der Waals surface area contributed by atoms with Gasteiger partial charge in [0, 0.05) is 34.2 Å². The Kier molecular flexibility index (Phi) is 4.77. The van der Waals surface area contributed by atoms with Crippen molar-refractivity contribution in [1.29, 1.82) is 0 Å². The molecule has 4 rings (SSSR count). The Morgan fingerprint density at radius 2 is 2.03 bits per heavy atom. The van der Waals surface area contributed by atoms with Gasteiger partial charge in [0.05, 0.1) is 11.8 Å². The van der Waals surface area contributed by atoms with E-state index in [9.17, 15) is 19.2 Å². The number of primary amides is 1. The predicted octanol–water partition coefficient (Wildman–Crippen LogP) is 1.23. The monoisotopic (exact) mass is 462 g/mol. The minimum atomic E-state index is -1.35. The lowest BCUT2D eigenvalue weighted by atomic mass is 9.76. The SMILES string of the molecule is CC[C@H](C)N1C(=O)[C@H]2[C@@H](C1=O)[C@@]1(N[C@@H]2CCC(N)=O)C(=O)Nc2ccc(Br)cc21. The summed E-state index contributed by atoms with van der Waals surface area (Å²) >= 11 is 3.44. The molecule has 1 aromatic rings. The third-order valence-electron chi connectivity index (χ3n) is 6.44. The molecule has 9 heteroatoms. The first-order chi connectivity index (χ1) is 13.7. The maximum Gasteiger partial charge on any atom is 0.250 e. The van der Waals surface area contributed by atoms with Crippen molar-refractivity contribution in [2.24, 2.45) is 17.6 Å². The summed E-state index contributed by atoms with van der Waals surface area (Å²) in [5, 5.41) is 6.14. The van der Waals surface area contributed by atoms with Gasteiger partial charge >= 0.3 is 0 Å². The molecule has 5 atom stereocenters. The van der Waals surface area contributed by atoms with Gasteiger partial charge in [0.25, 0.3) is 0 Å². The maximum absolute atomic E-state index is 13.5. The number of amides is 4. The first-order valence-electron chi connectivity index (χ1n) is 9.76. The molecule has 2 saturated heterocycles. The molecule has 0 aliphatic carbocycles. The summed E-state index contributed by atoms with van der Waals surface area (Å²) in [6, 6.07) is 4.61. The highest BCUT2D eigenvalue weighted by atomic mass is 79.9. The highest BCUT2D eigenvalue weighted by molar-refractivity contribution is 9.10. The van der Waals surface area contributed by atoms with E-state index >= 15 is 0 Å². The van der Waals surface area contributed by atoms with Crippen LogP contribution in [0.15, 0.2) is 22.7 Å². The van der Waals surface area contributed by atoms with E-state index < -0.39 is 29.3 Å². The second-order valence-corrected chi connectivity index (χ2v) is 8.93. The number of fused-ring (bicyclic) bond motifs is 4. The average Bonchev–Trinajstić information content (AvgIpc) is 3.25. The lowest BCUT2D eigenvalue weighted by Gasteiger charge is -2.31. The van der Waals surface area contributed by atoms with Gasteiger partial charge < -0.3 is 11.1 Å². The average molecular weight is 463 g/mol. The van der Waals surface area contributed by atoms with Gasteiger partial charge in [-0.05, 0) is 38.0 Å². The van der Waals surface area contributed by atoms with Gasteiger partial charge in [-0.3, -0.25) is 29.4 Å². The summed E-state index contributed by atoms with van der Waals surface area (Å²) in [5.41, 5.74) is 5.23. The summed E-state index contributed by atoms with van der Waals surface area (Å²) < 4.78 is 0.765. The molecule has 1 aromatic carbocycles. The van der Waals surface area contributed by atoms with Crippen molar-refractivity contribution in [3.63, 3.8) is 0 Å².